The molecule has 140 valence electrons. The predicted molar refractivity (Wildman–Crippen MR) is 105 cm³/mol. The molecule has 2 heterocycles. The molecule has 0 aliphatic carbocycles. The second-order valence-electron chi connectivity index (χ2n) is 7.50. The topological polar surface area (TPSA) is 38.1 Å². The van der Waals surface area contributed by atoms with E-state index in [2.05, 4.69) is 48.1 Å². The summed E-state index contributed by atoms with van der Waals surface area (Å²) in [5, 5.41) is 4.43. The highest BCUT2D eigenvalue weighted by atomic mass is 16.2. The second kappa shape index (κ2) is 8.52. The maximum atomic E-state index is 12.8. The number of rotatable bonds is 7. The summed E-state index contributed by atoms with van der Waals surface area (Å²) in [6.45, 7) is 5.83. The van der Waals surface area contributed by atoms with Crippen molar-refractivity contribution in [1.29, 1.82) is 0 Å². The monoisotopic (exact) mass is 353 g/mol. The van der Waals surface area contributed by atoms with Crippen LogP contribution in [0.3, 0.4) is 0 Å². The van der Waals surface area contributed by atoms with Gasteiger partial charge in [0.15, 0.2) is 0 Å². The van der Waals surface area contributed by atoms with Crippen LogP contribution in [0.5, 0.6) is 0 Å². The molecule has 0 spiro atoms. The molecule has 0 saturated heterocycles. The molecular formula is C22H31N3O. The van der Waals surface area contributed by atoms with Gasteiger partial charge in [0.05, 0.1) is 6.20 Å². The smallest absolute Gasteiger partial charge is 0.222 e. The van der Waals surface area contributed by atoms with Crippen LogP contribution in [0.2, 0.25) is 0 Å². The van der Waals surface area contributed by atoms with Gasteiger partial charge in [0.1, 0.15) is 0 Å². The molecule has 0 fully saturated rings. The van der Waals surface area contributed by atoms with E-state index in [1.165, 1.54) is 41.6 Å². The molecule has 1 amide bonds. The van der Waals surface area contributed by atoms with E-state index in [0.717, 1.165) is 25.9 Å². The molecule has 1 atom stereocenters. The Hall–Kier alpha value is -2.10. The number of nitrogens with zero attached hydrogens (tertiary/aromatic N) is 3. The van der Waals surface area contributed by atoms with Gasteiger partial charge in [0, 0.05) is 43.7 Å². The average molecular weight is 354 g/mol. The SMILES string of the molecule is CCCCCCCC(=O)N1Cc2ccccc2C(c2cnn(C)c2C)C1. The first kappa shape index (κ1) is 18.7. The Morgan fingerprint density at radius 1 is 1.15 bits per heavy atom. The third kappa shape index (κ3) is 4.00. The van der Waals surface area contributed by atoms with E-state index in [4.69, 9.17) is 0 Å². The summed E-state index contributed by atoms with van der Waals surface area (Å²) in [6, 6.07) is 8.54. The molecule has 4 nitrogen and oxygen atoms in total. The molecule has 3 rings (SSSR count). The second-order valence-corrected chi connectivity index (χ2v) is 7.50. The Kier molecular flexibility index (Phi) is 6.12. The Morgan fingerprint density at radius 3 is 2.65 bits per heavy atom. The molecule has 0 N–H and O–H groups in total. The molecule has 1 aliphatic rings. The maximum Gasteiger partial charge on any atom is 0.222 e. The number of carbonyl (C=O) groups is 1. The highest BCUT2D eigenvalue weighted by Gasteiger charge is 2.30. The summed E-state index contributed by atoms with van der Waals surface area (Å²) >= 11 is 0. The molecule has 26 heavy (non-hydrogen) atoms. The summed E-state index contributed by atoms with van der Waals surface area (Å²) in [6.07, 6.45) is 8.56. The number of amides is 1. The number of hydrogen-bond acceptors (Lipinski definition) is 2. The minimum Gasteiger partial charge on any atom is -0.337 e. The Labute approximate surface area is 157 Å². The van der Waals surface area contributed by atoms with E-state index in [1.807, 2.05) is 17.9 Å². The van der Waals surface area contributed by atoms with E-state index in [0.29, 0.717) is 12.3 Å². The zero-order valence-electron chi connectivity index (χ0n) is 16.4. The van der Waals surface area contributed by atoms with Crippen molar-refractivity contribution in [3.63, 3.8) is 0 Å². The van der Waals surface area contributed by atoms with Gasteiger partial charge in [-0.3, -0.25) is 9.48 Å². The van der Waals surface area contributed by atoms with Crippen LogP contribution >= 0.6 is 0 Å². The quantitative estimate of drug-likeness (QED) is 0.684. The Morgan fingerprint density at radius 2 is 1.92 bits per heavy atom. The molecular weight excluding hydrogens is 322 g/mol. The first-order valence-corrected chi connectivity index (χ1v) is 9.96. The van der Waals surface area contributed by atoms with Gasteiger partial charge in [-0.2, -0.15) is 5.10 Å². The summed E-state index contributed by atoms with van der Waals surface area (Å²) in [5.74, 6) is 0.514. The van der Waals surface area contributed by atoms with Gasteiger partial charge in [-0.1, -0.05) is 56.9 Å². The summed E-state index contributed by atoms with van der Waals surface area (Å²) in [5.41, 5.74) is 5.03. The average Bonchev–Trinajstić information content (AvgIpc) is 2.99. The zero-order valence-corrected chi connectivity index (χ0v) is 16.4. The molecule has 1 unspecified atom stereocenters. The van der Waals surface area contributed by atoms with Gasteiger partial charge in [0.25, 0.3) is 0 Å². The fourth-order valence-corrected chi connectivity index (χ4v) is 3.96. The number of unbranched alkanes of at least 4 members (excludes halogenated alkanes) is 4. The van der Waals surface area contributed by atoms with Crippen LogP contribution in [-0.4, -0.2) is 27.1 Å². The lowest BCUT2D eigenvalue weighted by atomic mass is 9.84. The van der Waals surface area contributed by atoms with Crippen LogP contribution < -0.4 is 0 Å². The first-order chi connectivity index (χ1) is 12.6. The zero-order chi connectivity index (χ0) is 18.5. The molecule has 1 aliphatic heterocycles. The van der Waals surface area contributed by atoms with Crippen molar-refractivity contribution in [2.24, 2.45) is 7.05 Å². The molecule has 4 heteroatoms. The van der Waals surface area contributed by atoms with E-state index in [-0.39, 0.29) is 5.92 Å². The minimum atomic E-state index is 0.220. The molecule has 1 aromatic heterocycles. The van der Waals surface area contributed by atoms with Crippen LogP contribution in [0, 0.1) is 6.92 Å². The number of benzene rings is 1. The van der Waals surface area contributed by atoms with Gasteiger partial charge in [-0.25, -0.2) is 0 Å². The van der Waals surface area contributed by atoms with Crippen molar-refractivity contribution in [2.75, 3.05) is 6.54 Å². The van der Waals surface area contributed by atoms with Crippen LogP contribution in [-0.2, 0) is 18.4 Å². The molecule has 0 bridgehead atoms. The molecule has 1 aromatic carbocycles. The molecule has 2 aromatic rings. The maximum absolute atomic E-state index is 12.8. The minimum absolute atomic E-state index is 0.220. The fraction of sp³-hybridized carbons (Fsp3) is 0.545. The van der Waals surface area contributed by atoms with Crippen LogP contribution in [0.15, 0.2) is 30.5 Å². The van der Waals surface area contributed by atoms with Gasteiger partial charge in [-0.05, 0) is 24.5 Å². The van der Waals surface area contributed by atoms with Gasteiger partial charge in [-0.15, -0.1) is 0 Å². The van der Waals surface area contributed by atoms with Crippen LogP contribution in [0.1, 0.15) is 73.8 Å². The highest BCUT2D eigenvalue weighted by molar-refractivity contribution is 5.76. The number of aryl methyl sites for hydroxylation is 1. The summed E-state index contributed by atoms with van der Waals surface area (Å²) < 4.78 is 1.92. The van der Waals surface area contributed by atoms with Gasteiger partial charge in [0.2, 0.25) is 5.91 Å². The Bertz CT molecular complexity index is 750. The predicted octanol–water partition coefficient (Wildman–Crippen LogP) is 4.56. The largest absolute Gasteiger partial charge is 0.337 e. The Balaban J connectivity index is 1.74. The molecule has 0 saturated carbocycles. The van der Waals surface area contributed by atoms with Crippen molar-refractivity contribution in [3.8, 4) is 0 Å². The highest BCUT2D eigenvalue weighted by Crippen LogP contribution is 2.35. The summed E-state index contributed by atoms with van der Waals surface area (Å²) in [4.78, 5) is 14.9. The lowest BCUT2D eigenvalue weighted by Gasteiger charge is -2.35. The van der Waals surface area contributed by atoms with E-state index < -0.39 is 0 Å². The van der Waals surface area contributed by atoms with Crippen molar-refractivity contribution in [1.82, 2.24) is 14.7 Å². The fourth-order valence-electron chi connectivity index (χ4n) is 3.96. The third-order valence-corrected chi connectivity index (χ3v) is 5.69. The number of fused-ring (bicyclic) bond motifs is 1. The van der Waals surface area contributed by atoms with Crippen molar-refractivity contribution in [2.45, 2.75) is 64.8 Å². The number of carbonyl (C=O) groups excluding carboxylic acids is 1. The third-order valence-electron chi connectivity index (χ3n) is 5.69. The normalized spacial score (nSPS) is 16.6. The number of aromatic nitrogens is 2. The van der Waals surface area contributed by atoms with E-state index in [9.17, 15) is 4.79 Å². The van der Waals surface area contributed by atoms with Gasteiger partial charge < -0.3 is 4.90 Å². The van der Waals surface area contributed by atoms with Crippen molar-refractivity contribution >= 4 is 5.91 Å². The lowest BCUT2D eigenvalue weighted by Crippen LogP contribution is -2.38. The van der Waals surface area contributed by atoms with Crippen molar-refractivity contribution in [3.05, 3.63) is 52.8 Å². The molecule has 0 radical (unpaired) electrons. The van der Waals surface area contributed by atoms with E-state index in [1.54, 1.807) is 0 Å². The van der Waals surface area contributed by atoms with Crippen molar-refractivity contribution < 1.29 is 4.79 Å². The van der Waals surface area contributed by atoms with E-state index >= 15 is 0 Å². The van der Waals surface area contributed by atoms with Gasteiger partial charge >= 0.3 is 0 Å². The number of hydrogen-bond donors (Lipinski definition) is 0. The standard InChI is InChI=1S/C22H31N3O/c1-4-5-6-7-8-13-22(26)25-15-18-11-9-10-12-19(18)21(16-25)20-14-23-24(3)17(20)2/h9-12,14,21H,4-8,13,15-16H2,1-3H3. The lowest BCUT2D eigenvalue weighted by molar-refractivity contribution is -0.132. The summed E-state index contributed by atoms with van der Waals surface area (Å²) in [7, 11) is 1.98. The first-order valence-electron chi connectivity index (χ1n) is 9.96. The van der Waals surface area contributed by atoms with Crippen LogP contribution in [0.4, 0.5) is 0 Å². The van der Waals surface area contributed by atoms with Crippen LogP contribution in [0.25, 0.3) is 0 Å².